The quantitative estimate of drug-likeness (QED) is 0.134. The van der Waals surface area contributed by atoms with Crippen LogP contribution in [0.5, 0.6) is 0 Å². The second-order valence-electron chi connectivity index (χ2n) is 11.0. The molecule has 7 nitrogen and oxygen atoms in total. The molecular formula is C37H44N2O5. The molecule has 44 heavy (non-hydrogen) atoms. The maximum Gasteiger partial charge on any atom is 0.309 e. The molecule has 0 unspecified atom stereocenters. The number of carbonyl (C=O) groups is 3. The first-order valence-corrected chi connectivity index (χ1v) is 15.1. The Hall–Kier alpha value is -4.49. The predicted octanol–water partition coefficient (Wildman–Crippen LogP) is 4.99. The fourth-order valence-corrected chi connectivity index (χ4v) is 5.09. The predicted molar refractivity (Wildman–Crippen MR) is 174 cm³/mol. The number of hydrogen-bond acceptors (Lipinski definition) is 5. The number of rotatable bonds is 19. The Kier molecular flexibility index (Phi) is 14.6. The molecule has 3 aromatic carbocycles. The number of allylic oxidation sites excluding steroid dienone is 2. The molecule has 0 fully saturated rings. The van der Waals surface area contributed by atoms with Crippen molar-refractivity contribution in [2.45, 2.75) is 50.6 Å². The summed E-state index contributed by atoms with van der Waals surface area (Å²) < 4.78 is 5.78. The number of ether oxygens (including phenoxy) is 1. The van der Waals surface area contributed by atoms with Crippen molar-refractivity contribution in [1.29, 1.82) is 0 Å². The first-order valence-electron chi connectivity index (χ1n) is 15.1. The molecule has 0 spiro atoms. The van der Waals surface area contributed by atoms with Gasteiger partial charge in [0.1, 0.15) is 6.61 Å². The summed E-state index contributed by atoms with van der Waals surface area (Å²) in [6.45, 7) is 7.33. The van der Waals surface area contributed by atoms with E-state index in [0.29, 0.717) is 25.7 Å². The van der Waals surface area contributed by atoms with Crippen LogP contribution in [0.4, 0.5) is 0 Å². The molecule has 0 aliphatic heterocycles. The lowest BCUT2D eigenvalue weighted by atomic mass is 9.96. The van der Waals surface area contributed by atoms with E-state index in [2.05, 4.69) is 23.8 Å². The first-order chi connectivity index (χ1) is 21.4. The minimum Gasteiger partial charge on any atom is -0.463 e. The molecule has 4 atom stereocenters. The van der Waals surface area contributed by atoms with Crippen LogP contribution in [-0.2, 0) is 38.4 Å². The van der Waals surface area contributed by atoms with Crippen LogP contribution in [0, 0.1) is 11.8 Å². The number of hydrogen-bond donors (Lipinski definition) is 3. The summed E-state index contributed by atoms with van der Waals surface area (Å²) in [5, 5.41) is 15.7. The largest absolute Gasteiger partial charge is 0.463 e. The lowest BCUT2D eigenvalue weighted by Crippen LogP contribution is -2.45. The Morgan fingerprint density at radius 3 is 1.66 bits per heavy atom. The number of aliphatic hydroxyl groups excluding tert-OH is 1. The van der Waals surface area contributed by atoms with Gasteiger partial charge in [-0.25, -0.2) is 0 Å². The molecule has 7 heteroatoms. The van der Waals surface area contributed by atoms with Crippen molar-refractivity contribution in [2.24, 2.45) is 11.8 Å². The average Bonchev–Trinajstić information content (AvgIpc) is 3.04. The van der Waals surface area contributed by atoms with Crippen LogP contribution < -0.4 is 10.6 Å². The highest BCUT2D eigenvalue weighted by atomic mass is 16.5. The van der Waals surface area contributed by atoms with E-state index < -0.39 is 23.9 Å². The van der Waals surface area contributed by atoms with Crippen molar-refractivity contribution >= 4 is 17.8 Å². The minimum absolute atomic E-state index is 0.0153. The van der Waals surface area contributed by atoms with Gasteiger partial charge in [-0.2, -0.15) is 0 Å². The molecule has 0 aliphatic carbocycles. The zero-order valence-corrected chi connectivity index (χ0v) is 25.3. The van der Waals surface area contributed by atoms with Crippen LogP contribution in [0.3, 0.4) is 0 Å². The number of amides is 2. The molecule has 0 aliphatic rings. The van der Waals surface area contributed by atoms with Crippen LogP contribution >= 0.6 is 0 Å². The third-order valence-corrected chi connectivity index (χ3v) is 7.37. The SMILES string of the molecule is C=CC[C@H](CC(=O)N[C@H](CO)Cc1ccccc1)C(=O)N[C@H](COC(=O)[C@@H](CC=C)Cc1ccccc1)Cc1ccccc1. The Morgan fingerprint density at radius 2 is 1.16 bits per heavy atom. The molecule has 3 rings (SSSR count). The topological polar surface area (TPSA) is 105 Å². The normalized spacial score (nSPS) is 13.5. The van der Waals surface area contributed by atoms with Crippen LogP contribution in [-0.4, -0.2) is 48.2 Å². The van der Waals surface area contributed by atoms with Gasteiger partial charge in [0.2, 0.25) is 11.8 Å². The highest BCUT2D eigenvalue weighted by Gasteiger charge is 2.26. The van der Waals surface area contributed by atoms with Crippen molar-refractivity contribution in [3.63, 3.8) is 0 Å². The van der Waals surface area contributed by atoms with Crippen molar-refractivity contribution in [3.8, 4) is 0 Å². The highest BCUT2D eigenvalue weighted by Crippen LogP contribution is 2.17. The number of nitrogens with one attached hydrogen (secondary N) is 2. The van der Waals surface area contributed by atoms with Crippen LogP contribution in [0.25, 0.3) is 0 Å². The van der Waals surface area contributed by atoms with Gasteiger partial charge in [0, 0.05) is 6.42 Å². The van der Waals surface area contributed by atoms with Gasteiger partial charge < -0.3 is 20.5 Å². The van der Waals surface area contributed by atoms with Gasteiger partial charge in [-0.05, 0) is 48.8 Å². The summed E-state index contributed by atoms with van der Waals surface area (Å²) in [5.41, 5.74) is 3.00. The molecule has 0 bridgehead atoms. The molecular weight excluding hydrogens is 552 g/mol. The van der Waals surface area contributed by atoms with E-state index in [1.165, 1.54) is 0 Å². The third-order valence-electron chi connectivity index (χ3n) is 7.37. The second-order valence-corrected chi connectivity index (χ2v) is 11.0. The molecule has 0 heterocycles. The molecule has 2 amide bonds. The molecule has 0 radical (unpaired) electrons. The Balaban J connectivity index is 1.65. The standard InChI is InChI=1S/C37H44N2O5/c1-3-14-31(25-35(41)38-33(26-40)23-29-18-10-6-11-19-29)36(42)39-34(24-30-20-12-7-13-21-30)27-44-37(43)32(15-4-2)22-28-16-8-5-9-17-28/h3-13,16-21,31-34,40H,1-2,14-15,22-27H2,(H,38,41)(H,39,42)/t31-,32+,33+,34+/m1/s1. The van der Waals surface area contributed by atoms with Crippen LogP contribution in [0.15, 0.2) is 116 Å². The Bertz CT molecular complexity index is 1310. The molecule has 232 valence electrons. The van der Waals surface area contributed by atoms with Crippen molar-refractivity contribution in [1.82, 2.24) is 10.6 Å². The number of benzene rings is 3. The van der Waals surface area contributed by atoms with Gasteiger partial charge in [-0.3, -0.25) is 14.4 Å². The van der Waals surface area contributed by atoms with E-state index in [-0.39, 0.29) is 43.8 Å². The molecule has 0 saturated carbocycles. The number of esters is 1. The fourth-order valence-electron chi connectivity index (χ4n) is 5.09. The summed E-state index contributed by atoms with van der Waals surface area (Å²) in [6.07, 6.45) is 5.46. The molecule has 3 aromatic rings. The Labute approximate surface area is 261 Å². The van der Waals surface area contributed by atoms with Crippen LogP contribution in [0.2, 0.25) is 0 Å². The van der Waals surface area contributed by atoms with Gasteiger partial charge in [0.15, 0.2) is 0 Å². The molecule has 3 N–H and O–H groups in total. The van der Waals surface area contributed by atoms with E-state index in [0.717, 1.165) is 16.7 Å². The zero-order chi connectivity index (χ0) is 31.6. The summed E-state index contributed by atoms with van der Waals surface area (Å²) >= 11 is 0. The maximum atomic E-state index is 13.5. The van der Waals surface area contributed by atoms with E-state index in [1.54, 1.807) is 12.2 Å². The molecule has 0 saturated heterocycles. The average molecular weight is 597 g/mol. The Morgan fingerprint density at radius 1 is 0.682 bits per heavy atom. The smallest absolute Gasteiger partial charge is 0.309 e. The summed E-state index contributed by atoms with van der Waals surface area (Å²) in [5.74, 6) is -2.08. The lowest BCUT2D eigenvalue weighted by Gasteiger charge is -2.24. The summed E-state index contributed by atoms with van der Waals surface area (Å²) in [4.78, 5) is 39.6. The van der Waals surface area contributed by atoms with E-state index in [4.69, 9.17) is 4.74 Å². The van der Waals surface area contributed by atoms with Crippen LogP contribution in [0.1, 0.15) is 36.0 Å². The van der Waals surface area contributed by atoms with E-state index >= 15 is 0 Å². The van der Waals surface area contributed by atoms with Gasteiger partial charge in [-0.1, -0.05) is 103 Å². The monoisotopic (exact) mass is 596 g/mol. The summed E-state index contributed by atoms with van der Waals surface area (Å²) in [7, 11) is 0. The maximum absolute atomic E-state index is 13.5. The fraction of sp³-hybridized carbons (Fsp3) is 0.324. The van der Waals surface area contributed by atoms with E-state index in [9.17, 15) is 19.5 Å². The minimum atomic E-state index is -0.677. The van der Waals surface area contributed by atoms with Crippen molar-refractivity contribution < 1.29 is 24.2 Å². The van der Waals surface area contributed by atoms with Gasteiger partial charge in [-0.15, -0.1) is 13.2 Å². The summed E-state index contributed by atoms with van der Waals surface area (Å²) in [6, 6.07) is 28.0. The highest BCUT2D eigenvalue weighted by molar-refractivity contribution is 5.86. The van der Waals surface area contributed by atoms with Crippen molar-refractivity contribution in [2.75, 3.05) is 13.2 Å². The zero-order valence-electron chi connectivity index (χ0n) is 25.3. The second kappa shape index (κ2) is 18.9. The lowest BCUT2D eigenvalue weighted by molar-refractivity contribution is -0.149. The van der Waals surface area contributed by atoms with Gasteiger partial charge in [0.25, 0.3) is 0 Å². The third kappa shape index (κ3) is 12.0. The van der Waals surface area contributed by atoms with E-state index in [1.807, 2.05) is 91.0 Å². The van der Waals surface area contributed by atoms with Crippen molar-refractivity contribution in [3.05, 3.63) is 133 Å². The van der Waals surface area contributed by atoms with Gasteiger partial charge >= 0.3 is 5.97 Å². The number of aliphatic hydroxyl groups is 1. The van der Waals surface area contributed by atoms with Gasteiger partial charge in [0.05, 0.1) is 30.5 Å². The molecule has 0 aromatic heterocycles. The first kappa shape index (κ1) is 34.0. The number of carbonyl (C=O) groups excluding carboxylic acids is 3.